The number of para-hydroxylation sites is 3. The van der Waals surface area contributed by atoms with Gasteiger partial charge in [0.1, 0.15) is 22.9 Å². The van der Waals surface area contributed by atoms with Crippen molar-refractivity contribution in [3.05, 3.63) is 58.6 Å². The average Bonchev–Trinajstić information content (AvgIpc) is 2.50. The zero-order valence-corrected chi connectivity index (χ0v) is 11.1. The molecular weight excluding hydrogens is 290 g/mol. The number of nitro groups is 1. The fraction of sp³-hybridized carbons (Fsp3) is 0. The Morgan fingerprint density at radius 1 is 1.05 bits per heavy atom. The lowest BCUT2D eigenvalue weighted by Crippen LogP contribution is -2.10. The molecule has 0 heterocycles. The van der Waals surface area contributed by atoms with Crippen molar-refractivity contribution in [1.82, 2.24) is 0 Å². The Labute approximate surface area is 124 Å². The zero-order valence-electron chi connectivity index (χ0n) is 11.1. The van der Waals surface area contributed by atoms with E-state index in [1.165, 1.54) is 24.3 Å². The molecule has 22 heavy (non-hydrogen) atoms. The molecular formula is C13H11N5O4. The van der Waals surface area contributed by atoms with Gasteiger partial charge in [-0.2, -0.15) is 0 Å². The van der Waals surface area contributed by atoms with Crippen LogP contribution in [0, 0.1) is 10.1 Å². The Hall–Kier alpha value is -3.49. The minimum atomic E-state index is -0.851. The zero-order chi connectivity index (χ0) is 15.9. The molecule has 0 bridgehead atoms. The summed E-state index contributed by atoms with van der Waals surface area (Å²) in [4.78, 5) is 10.0. The van der Waals surface area contributed by atoms with Crippen molar-refractivity contribution in [2.75, 3.05) is 5.43 Å². The Kier molecular flexibility index (Phi) is 4.60. The largest absolute Gasteiger partial charge is 0.511 e. The summed E-state index contributed by atoms with van der Waals surface area (Å²) in [5, 5.41) is 40.3. The molecule has 0 atom stereocenters. The van der Waals surface area contributed by atoms with Crippen LogP contribution in [0.5, 0.6) is 11.5 Å². The van der Waals surface area contributed by atoms with Crippen molar-refractivity contribution in [2.45, 2.75) is 0 Å². The van der Waals surface area contributed by atoms with E-state index in [0.717, 1.165) is 0 Å². The molecule has 0 radical (unpaired) electrons. The molecule has 0 unspecified atom stereocenters. The standard InChI is InChI=1S/C13H11N5O4/c19-11-7-3-1-5-9(11)14-16-13(18(21)22)17-15-10-6-2-4-8-12(10)20/h1-8,14,19-20H/b16-13-,17-15?. The van der Waals surface area contributed by atoms with Gasteiger partial charge in [-0.1, -0.05) is 29.4 Å². The number of nitrogens with one attached hydrogen (secondary N) is 1. The van der Waals surface area contributed by atoms with Crippen LogP contribution in [0.2, 0.25) is 0 Å². The molecule has 0 aromatic heterocycles. The van der Waals surface area contributed by atoms with E-state index in [2.05, 4.69) is 20.8 Å². The summed E-state index contributed by atoms with van der Waals surface area (Å²) in [7, 11) is 0. The lowest BCUT2D eigenvalue weighted by molar-refractivity contribution is -0.352. The maximum absolute atomic E-state index is 10.9. The number of phenolic OH excluding ortho intramolecular Hbond substituents is 2. The van der Waals surface area contributed by atoms with Gasteiger partial charge in [0.15, 0.2) is 0 Å². The first-order valence-electron chi connectivity index (χ1n) is 6.04. The molecule has 0 aliphatic heterocycles. The predicted octanol–water partition coefficient (Wildman–Crippen LogP) is 2.84. The molecule has 0 aliphatic rings. The summed E-state index contributed by atoms with van der Waals surface area (Å²) in [6, 6.07) is 12.1. The van der Waals surface area contributed by atoms with Crippen LogP contribution in [0.4, 0.5) is 11.4 Å². The number of hydrogen-bond acceptors (Lipinski definition) is 7. The maximum atomic E-state index is 10.9. The highest BCUT2D eigenvalue weighted by molar-refractivity contribution is 5.73. The van der Waals surface area contributed by atoms with Crippen molar-refractivity contribution in [3.8, 4) is 11.5 Å². The lowest BCUT2D eigenvalue weighted by Gasteiger charge is -1.99. The van der Waals surface area contributed by atoms with Crippen molar-refractivity contribution in [1.29, 1.82) is 0 Å². The van der Waals surface area contributed by atoms with Crippen LogP contribution in [-0.4, -0.2) is 21.1 Å². The van der Waals surface area contributed by atoms with Crippen molar-refractivity contribution in [2.24, 2.45) is 15.3 Å². The fourth-order valence-electron chi connectivity index (χ4n) is 1.43. The second kappa shape index (κ2) is 6.79. The first kappa shape index (κ1) is 14.9. The molecule has 0 spiro atoms. The Bertz CT molecular complexity index is 745. The number of rotatable bonds is 3. The number of azo groups is 1. The summed E-state index contributed by atoms with van der Waals surface area (Å²) in [6.07, 6.45) is 0. The first-order valence-corrected chi connectivity index (χ1v) is 6.04. The van der Waals surface area contributed by atoms with E-state index in [4.69, 9.17) is 0 Å². The number of benzene rings is 2. The van der Waals surface area contributed by atoms with Gasteiger partial charge in [0.05, 0.1) is 5.11 Å². The molecule has 9 nitrogen and oxygen atoms in total. The van der Waals surface area contributed by atoms with Gasteiger partial charge in [0, 0.05) is 5.10 Å². The van der Waals surface area contributed by atoms with Crippen LogP contribution in [0.3, 0.4) is 0 Å². The smallest absolute Gasteiger partial charge is 0.506 e. The third-order valence-corrected chi connectivity index (χ3v) is 2.47. The normalized spacial score (nSPS) is 11.5. The van der Waals surface area contributed by atoms with Gasteiger partial charge in [-0.25, -0.2) is 5.43 Å². The molecule has 2 aromatic carbocycles. The van der Waals surface area contributed by atoms with E-state index in [-0.39, 0.29) is 22.9 Å². The van der Waals surface area contributed by atoms with E-state index in [1.54, 1.807) is 24.3 Å². The van der Waals surface area contributed by atoms with Gasteiger partial charge in [-0.3, -0.25) is 0 Å². The summed E-state index contributed by atoms with van der Waals surface area (Å²) < 4.78 is 0. The van der Waals surface area contributed by atoms with E-state index in [9.17, 15) is 20.3 Å². The topological polar surface area (TPSA) is 133 Å². The quantitative estimate of drug-likeness (QED) is 0.200. The first-order chi connectivity index (χ1) is 10.6. The number of phenols is 2. The number of hydrazone groups is 1. The van der Waals surface area contributed by atoms with E-state index >= 15 is 0 Å². The highest BCUT2D eigenvalue weighted by Crippen LogP contribution is 2.25. The van der Waals surface area contributed by atoms with Crippen LogP contribution in [-0.2, 0) is 0 Å². The Morgan fingerprint density at radius 2 is 1.68 bits per heavy atom. The van der Waals surface area contributed by atoms with E-state index in [1.807, 2.05) is 0 Å². The molecule has 2 aromatic rings. The minimum Gasteiger partial charge on any atom is -0.506 e. The highest BCUT2D eigenvalue weighted by atomic mass is 16.6. The van der Waals surface area contributed by atoms with Crippen molar-refractivity contribution < 1.29 is 15.1 Å². The molecule has 9 heteroatoms. The lowest BCUT2D eigenvalue weighted by atomic mass is 10.3. The van der Waals surface area contributed by atoms with Crippen molar-refractivity contribution >= 4 is 17.3 Å². The van der Waals surface area contributed by atoms with Crippen LogP contribution in [0.15, 0.2) is 63.9 Å². The molecule has 3 N–H and O–H groups in total. The van der Waals surface area contributed by atoms with Crippen LogP contribution >= 0.6 is 0 Å². The van der Waals surface area contributed by atoms with Gasteiger partial charge < -0.3 is 20.3 Å². The second-order valence-electron chi connectivity index (χ2n) is 3.99. The maximum Gasteiger partial charge on any atom is 0.511 e. The summed E-state index contributed by atoms with van der Waals surface area (Å²) >= 11 is 0. The van der Waals surface area contributed by atoms with Gasteiger partial charge >= 0.3 is 5.96 Å². The summed E-state index contributed by atoms with van der Waals surface area (Å²) in [5.74, 6) is -1.11. The van der Waals surface area contributed by atoms with Crippen LogP contribution in [0.1, 0.15) is 0 Å². The molecule has 0 aliphatic carbocycles. The molecule has 0 amide bonds. The predicted molar refractivity (Wildman–Crippen MR) is 78.8 cm³/mol. The minimum absolute atomic E-state index is 0.0691. The monoisotopic (exact) mass is 301 g/mol. The molecule has 0 fully saturated rings. The van der Waals surface area contributed by atoms with Crippen LogP contribution in [0.25, 0.3) is 0 Å². The Morgan fingerprint density at radius 3 is 2.32 bits per heavy atom. The van der Waals surface area contributed by atoms with E-state index < -0.39 is 10.9 Å². The molecule has 2 rings (SSSR count). The number of aromatic hydroxyl groups is 2. The molecule has 0 saturated carbocycles. The van der Waals surface area contributed by atoms with Gasteiger partial charge in [-0.05, 0) is 29.2 Å². The molecule has 112 valence electrons. The van der Waals surface area contributed by atoms with Crippen LogP contribution < -0.4 is 5.43 Å². The third kappa shape index (κ3) is 3.76. The fourth-order valence-corrected chi connectivity index (χ4v) is 1.43. The highest BCUT2D eigenvalue weighted by Gasteiger charge is 2.13. The summed E-state index contributed by atoms with van der Waals surface area (Å²) in [5.41, 5.74) is 2.57. The second-order valence-corrected chi connectivity index (χ2v) is 3.99. The number of nitrogens with zero attached hydrogens (tertiary/aromatic N) is 4. The van der Waals surface area contributed by atoms with Crippen molar-refractivity contribution in [3.63, 3.8) is 0 Å². The number of anilines is 1. The number of hydrogen-bond donors (Lipinski definition) is 3. The van der Waals surface area contributed by atoms with Gasteiger partial charge in [0.25, 0.3) is 0 Å². The SMILES string of the molecule is O=[N+]([O-])/C(N=Nc1ccccc1O)=N\Nc1ccccc1O. The van der Waals surface area contributed by atoms with Gasteiger partial charge in [-0.15, -0.1) is 0 Å². The molecule has 0 saturated heterocycles. The Balaban J connectivity index is 2.20. The summed E-state index contributed by atoms with van der Waals surface area (Å²) in [6.45, 7) is 0. The third-order valence-electron chi connectivity index (χ3n) is 2.47. The number of guanidine groups is 1. The van der Waals surface area contributed by atoms with Gasteiger partial charge in [0.2, 0.25) is 0 Å². The van der Waals surface area contributed by atoms with E-state index in [0.29, 0.717) is 0 Å². The average molecular weight is 301 g/mol.